The van der Waals surface area contributed by atoms with Crippen LogP contribution in [0.1, 0.15) is 26.7 Å². The molecular weight excluding hydrogens is 208 g/mol. The summed E-state index contributed by atoms with van der Waals surface area (Å²) in [6.07, 6.45) is 1.22. The Bertz CT molecular complexity index is 278. The van der Waals surface area contributed by atoms with E-state index in [2.05, 4.69) is 5.32 Å². The second-order valence-electron chi connectivity index (χ2n) is 4.74. The van der Waals surface area contributed by atoms with Gasteiger partial charge in [-0.25, -0.2) is 0 Å². The molecule has 0 spiro atoms. The van der Waals surface area contributed by atoms with E-state index >= 15 is 0 Å². The molecule has 1 fully saturated rings. The molecule has 16 heavy (non-hydrogen) atoms. The maximum Gasteiger partial charge on any atom is 0.320 e. The van der Waals surface area contributed by atoms with E-state index < -0.39 is 12.0 Å². The number of nitrogens with zero attached hydrogens (tertiary/aromatic N) is 1. The molecule has 2 atom stereocenters. The maximum absolute atomic E-state index is 11.3. The lowest BCUT2D eigenvalue weighted by Crippen LogP contribution is -2.53. The summed E-state index contributed by atoms with van der Waals surface area (Å²) >= 11 is 0. The Morgan fingerprint density at radius 3 is 2.62 bits per heavy atom. The lowest BCUT2D eigenvalue weighted by atomic mass is 10.00. The van der Waals surface area contributed by atoms with Crippen molar-refractivity contribution in [3.05, 3.63) is 0 Å². The lowest BCUT2D eigenvalue weighted by molar-refractivity contribution is -0.141. The Morgan fingerprint density at radius 1 is 1.56 bits per heavy atom. The molecule has 1 aliphatic heterocycles. The van der Waals surface area contributed by atoms with Crippen LogP contribution in [0.25, 0.3) is 0 Å². The van der Waals surface area contributed by atoms with Crippen LogP contribution in [0.3, 0.4) is 0 Å². The topological polar surface area (TPSA) is 69.6 Å². The highest BCUT2D eigenvalue weighted by Gasteiger charge is 2.28. The van der Waals surface area contributed by atoms with Gasteiger partial charge < -0.3 is 10.0 Å². The quantitative estimate of drug-likeness (QED) is 0.726. The highest BCUT2D eigenvalue weighted by Crippen LogP contribution is 2.12. The monoisotopic (exact) mass is 228 g/mol. The fourth-order valence-corrected chi connectivity index (χ4v) is 1.95. The Morgan fingerprint density at radius 2 is 2.19 bits per heavy atom. The maximum atomic E-state index is 11.3. The first kappa shape index (κ1) is 13.0. The molecule has 0 aromatic heterocycles. The summed E-state index contributed by atoms with van der Waals surface area (Å²) in [6, 6.07) is -0.446. The molecule has 0 aliphatic carbocycles. The standard InChI is InChI=1S/C11H20N2O3/c1-7(2)10(11(15)16)12-8-4-5-9(14)13(3)6-8/h7-8,10,12H,4-6H2,1-3H3,(H,15,16). The average Bonchev–Trinajstić information content (AvgIpc) is 2.18. The van der Waals surface area contributed by atoms with Crippen LogP contribution in [-0.2, 0) is 9.59 Å². The molecule has 1 amide bonds. The first-order valence-electron chi connectivity index (χ1n) is 5.64. The summed E-state index contributed by atoms with van der Waals surface area (Å²) < 4.78 is 0. The van der Waals surface area contributed by atoms with E-state index in [0.29, 0.717) is 13.0 Å². The molecule has 2 unspecified atom stereocenters. The van der Waals surface area contributed by atoms with Crippen LogP contribution in [0.5, 0.6) is 0 Å². The molecule has 5 nitrogen and oxygen atoms in total. The smallest absolute Gasteiger partial charge is 0.320 e. The number of carboxylic acid groups (broad SMARTS) is 1. The summed E-state index contributed by atoms with van der Waals surface area (Å²) in [5.41, 5.74) is 0. The number of likely N-dealkylation sites (N-methyl/N-ethyl adjacent to an activating group) is 1. The summed E-state index contributed by atoms with van der Waals surface area (Å²) in [6.45, 7) is 4.35. The summed E-state index contributed by atoms with van der Waals surface area (Å²) in [7, 11) is 1.75. The molecule has 1 heterocycles. The van der Waals surface area contributed by atoms with Gasteiger partial charge in [0, 0.05) is 26.1 Å². The third-order valence-corrected chi connectivity index (χ3v) is 2.97. The van der Waals surface area contributed by atoms with Gasteiger partial charge in [-0.15, -0.1) is 0 Å². The van der Waals surface area contributed by atoms with E-state index in [1.165, 1.54) is 0 Å². The highest BCUT2D eigenvalue weighted by atomic mass is 16.4. The van der Waals surface area contributed by atoms with Gasteiger partial charge in [-0.3, -0.25) is 14.9 Å². The van der Waals surface area contributed by atoms with Gasteiger partial charge in [0.1, 0.15) is 6.04 Å². The zero-order valence-corrected chi connectivity index (χ0v) is 10.1. The third-order valence-electron chi connectivity index (χ3n) is 2.97. The molecular formula is C11H20N2O3. The Hall–Kier alpha value is -1.10. The van der Waals surface area contributed by atoms with Gasteiger partial charge >= 0.3 is 5.97 Å². The van der Waals surface area contributed by atoms with E-state index in [4.69, 9.17) is 5.11 Å². The van der Waals surface area contributed by atoms with Gasteiger partial charge in [-0.2, -0.15) is 0 Å². The SMILES string of the molecule is CC(C)C(NC1CCC(=O)N(C)C1)C(=O)O. The highest BCUT2D eigenvalue weighted by molar-refractivity contribution is 5.77. The molecule has 92 valence electrons. The van der Waals surface area contributed by atoms with Crippen molar-refractivity contribution in [1.29, 1.82) is 0 Å². The van der Waals surface area contributed by atoms with Crippen molar-refractivity contribution in [3.63, 3.8) is 0 Å². The molecule has 1 saturated heterocycles. The van der Waals surface area contributed by atoms with Gasteiger partial charge in [0.2, 0.25) is 5.91 Å². The van der Waals surface area contributed by atoms with Crippen molar-refractivity contribution in [3.8, 4) is 0 Å². The minimum absolute atomic E-state index is 0.0421. The number of carbonyl (C=O) groups is 2. The molecule has 0 radical (unpaired) electrons. The number of likely N-dealkylation sites (tertiary alicyclic amines) is 1. The van der Waals surface area contributed by atoms with Crippen LogP contribution in [0.4, 0.5) is 0 Å². The second-order valence-corrected chi connectivity index (χ2v) is 4.74. The van der Waals surface area contributed by atoms with Crippen LogP contribution in [0, 0.1) is 5.92 Å². The van der Waals surface area contributed by atoms with E-state index in [1.54, 1.807) is 11.9 Å². The fourth-order valence-electron chi connectivity index (χ4n) is 1.95. The van der Waals surface area contributed by atoms with Crippen molar-refractivity contribution >= 4 is 11.9 Å². The number of amides is 1. The number of hydrogen-bond acceptors (Lipinski definition) is 3. The van der Waals surface area contributed by atoms with Crippen molar-refractivity contribution in [2.24, 2.45) is 5.92 Å². The van der Waals surface area contributed by atoms with Crippen molar-refractivity contribution < 1.29 is 14.7 Å². The van der Waals surface area contributed by atoms with Gasteiger partial charge in [0.25, 0.3) is 0 Å². The van der Waals surface area contributed by atoms with Crippen molar-refractivity contribution in [2.75, 3.05) is 13.6 Å². The predicted molar refractivity (Wildman–Crippen MR) is 60.1 cm³/mol. The Balaban J connectivity index is 2.53. The van der Waals surface area contributed by atoms with Crippen LogP contribution >= 0.6 is 0 Å². The molecule has 0 aromatic rings. The van der Waals surface area contributed by atoms with E-state index in [1.807, 2.05) is 13.8 Å². The zero-order chi connectivity index (χ0) is 12.3. The number of piperidine rings is 1. The third kappa shape index (κ3) is 3.20. The first-order chi connectivity index (χ1) is 7.41. The normalized spacial score (nSPS) is 23.6. The molecule has 0 saturated carbocycles. The van der Waals surface area contributed by atoms with Crippen molar-refractivity contribution in [2.45, 2.75) is 38.8 Å². The molecule has 0 aromatic carbocycles. The predicted octanol–water partition coefficient (Wildman–Crippen LogP) is 0.306. The fraction of sp³-hybridized carbons (Fsp3) is 0.818. The lowest BCUT2D eigenvalue weighted by Gasteiger charge is -2.33. The number of hydrogen-bond donors (Lipinski definition) is 2. The van der Waals surface area contributed by atoms with Gasteiger partial charge in [0.15, 0.2) is 0 Å². The van der Waals surface area contributed by atoms with E-state index in [0.717, 1.165) is 6.42 Å². The second kappa shape index (κ2) is 5.30. The zero-order valence-electron chi connectivity index (χ0n) is 10.1. The molecule has 5 heteroatoms. The van der Waals surface area contributed by atoms with Gasteiger partial charge in [0.05, 0.1) is 0 Å². The number of rotatable bonds is 4. The number of carboxylic acids is 1. The van der Waals surface area contributed by atoms with E-state index in [9.17, 15) is 9.59 Å². The van der Waals surface area contributed by atoms with Crippen LogP contribution in [0.2, 0.25) is 0 Å². The minimum atomic E-state index is -0.824. The average molecular weight is 228 g/mol. The van der Waals surface area contributed by atoms with Crippen LogP contribution in [0.15, 0.2) is 0 Å². The number of nitrogens with one attached hydrogen (secondary N) is 1. The van der Waals surface area contributed by atoms with E-state index in [-0.39, 0.29) is 17.9 Å². The Kier molecular flexibility index (Phi) is 4.29. The molecule has 1 rings (SSSR count). The summed E-state index contributed by atoms with van der Waals surface area (Å²) in [5.74, 6) is -0.649. The minimum Gasteiger partial charge on any atom is -0.480 e. The number of carbonyl (C=O) groups excluding carboxylic acids is 1. The molecule has 0 bridgehead atoms. The first-order valence-corrected chi connectivity index (χ1v) is 5.64. The van der Waals surface area contributed by atoms with Gasteiger partial charge in [-0.1, -0.05) is 13.8 Å². The Labute approximate surface area is 95.8 Å². The summed E-state index contributed by atoms with van der Waals surface area (Å²) in [4.78, 5) is 23.9. The number of aliphatic carboxylic acids is 1. The summed E-state index contributed by atoms with van der Waals surface area (Å²) in [5, 5.41) is 12.2. The van der Waals surface area contributed by atoms with Crippen LogP contribution < -0.4 is 5.32 Å². The largest absolute Gasteiger partial charge is 0.480 e. The van der Waals surface area contributed by atoms with Crippen molar-refractivity contribution in [1.82, 2.24) is 10.2 Å². The van der Waals surface area contributed by atoms with Gasteiger partial charge in [-0.05, 0) is 12.3 Å². The molecule has 1 aliphatic rings. The van der Waals surface area contributed by atoms with Crippen LogP contribution in [-0.4, -0.2) is 47.6 Å². The molecule has 2 N–H and O–H groups in total.